The predicted octanol–water partition coefficient (Wildman–Crippen LogP) is 6.64. The van der Waals surface area contributed by atoms with E-state index in [4.69, 9.17) is 0 Å². The molecule has 2 aromatic carbocycles. The van der Waals surface area contributed by atoms with Gasteiger partial charge in [-0.2, -0.15) is 0 Å². The van der Waals surface area contributed by atoms with Crippen molar-refractivity contribution in [3.63, 3.8) is 0 Å². The number of benzene rings is 2. The molecule has 2 aromatic heterocycles. The van der Waals surface area contributed by atoms with Crippen LogP contribution in [0.15, 0.2) is 40.9 Å². The largest absolute Gasteiger partial charge is 0.134 e. The van der Waals surface area contributed by atoms with Gasteiger partial charge in [0.2, 0.25) is 0 Å². The van der Waals surface area contributed by atoms with Crippen LogP contribution in [0.25, 0.3) is 29.6 Å². The average molecular weight is 445 g/mol. The summed E-state index contributed by atoms with van der Waals surface area (Å²) in [6.45, 7) is 0. The van der Waals surface area contributed by atoms with Gasteiger partial charge in [-0.15, -0.1) is 22.7 Å². The number of halogens is 2. The maximum Gasteiger partial charge on any atom is 0.0542 e. The third kappa shape index (κ3) is 1.66. The van der Waals surface area contributed by atoms with Crippen molar-refractivity contribution in [2.45, 2.75) is 0 Å². The van der Waals surface area contributed by atoms with Gasteiger partial charge in [0.25, 0.3) is 0 Å². The van der Waals surface area contributed by atoms with Crippen molar-refractivity contribution in [1.29, 1.82) is 0 Å². The molecular weight excluding hydrogens is 439 g/mol. The van der Waals surface area contributed by atoms with Crippen LogP contribution in [0.1, 0.15) is 0 Å². The zero-order valence-electron chi connectivity index (χ0n) is 9.04. The van der Waals surface area contributed by atoms with Gasteiger partial charge in [-0.25, -0.2) is 0 Å². The molecule has 0 aliphatic rings. The highest BCUT2D eigenvalue weighted by molar-refractivity contribution is 14.1. The Labute approximate surface area is 134 Å². The molecule has 4 heteroatoms. The molecule has 0 unspecified atom stereocenters. The summed E-state index contributed by atoms with van der Waals surface area (Å²) >= 11 is 9.73. The molecule has 18 heavy (non-hydrogen) atoms. The Balaban J connectivity index is 2.23. The summed E-state index contributed by atoms with van der Waals surface area (Å²) in [6.07, 6.45) is 0. The minimum Gasteiger partial charge on any atom is -0.134 e. The fraction of sp³-hybridized carbons (Fsp3) is 0. The fourth-order valence-electron chi connectivity index (χ4n) is 2.20. The number of hydrogen-bond acceptors (Lipinski definition) is 2. The van der Waals surface area contributed by atoms with Crippen LogP contribution in [0.2, 0.25) is 0 Å². The van der Waals surface area contributed by atoms with Crippen LogP contribution in [0.5, 0.6) is 0 Å². The summed E-state index contributed by atoms with van der Waals surface area (Å²) in [4.78, 5) is 0. The van der Waals surface area contributed by atoms with Crippen LogP contribution in [-0.2, 0) is 0 Å². The maximum absolute atomic E-state index is 3.55. The molecular formula is C14H6BrIS2. The zero-order valence-corrected chi connectivity index (χ0v) is 14.4. The highest BCUT2D eigenvalue weighted by Gasteiger charge is 2.12. The molecule has 88 valence electrons. The third-order valence-electron chi connectivity index (χ3n) is 3.01. The number of hydrogen-bond donors (Lipinski definition) is 0. The Kier molecular flexibility index (Phi) is 2.69. The normalized spacial score (nSPS) is 11.9. The number of fused-ring (bicyclic) bond motifs is 5. The molecule has 0 saturated heterocycles. The zero-order chi connectivity index (χ0) is 12.3. The first-order chi connectivity index (χ1) is 8.72. The lowest BCUT2D eigenvalue weighted by Gasteiger charge is -1.92. The first-order valence-electron chi connectivity index (χ1n) is 5.42. The molecule has 0 N–H and O–H groups in total. The highest BCUT2D eigenvalue weighted by Crippen LogP contribution is 2.44. The number of thiophene rings is 2. The van der Waals surface area contributed by atoms with E-state index in [1.54, 1.807) is 0 Å². The quantitative estimate of drug-likeness (QED) is 0.267. The van der Waals surface area contributed by atoms with Gasteiger partial charge in [0.1, 0.15) is 0 Å². The topological polar surface area (TPSA) is 0 Å². The van der Waals surface area contributed by atoms with E-state index >= 15 is 0 Å². The molecule has 0 amide bonds. The van der Waals surface area contributed by atoms with E-state index in [9.17, 15) is 0 Å². The van der Waals surface area contributed by atoms with Crippen LogP contribution in [0.3, 0.4) is 0 Å². The Hall–Kier alpha value is -0.170. The summed E-state index contributed by atoms with van der Waals surface area (Å²) in [5.41, 5.74) is 0. The SMILES string of the molecule is Brc1ccc2c(c1)sc1c3ccc(I)cc3sc21. The van der Waals surface area contributed by atoms with Gasteiger partial charge in [-0.1, -0.05) is 28.1 Å². The minimum atomic E-state index is 1.16. The van der Waals surface area contributed by atoms with Crippen molar-refractivity contribution in [1.82, 2.24) is 0 Å². The van der Waals surface area contributed by atoms with Gasteiger partial charge >= 0.3 is 0 Å². The molecule has 2 heterocycles. The Morgan fingerprint density at radius 1 is 0.833 bits per heavy atom. The van der Waals surface area contributed by atoms with Crippen molar-refractivity contribution in [2.24, 2.45) is 0 Å². The van der Waals surface area contributed by atoms with Crippen LogP contribution in [0, 0.1) is 3.57 Å². The molecule has 0 atom stereocenters. The van der Waals surface area contributed by atoms with Crippen molar-refractivity contribution < 1.29 is 0 Å². The van der Waals surface area contributed by atoms with Crippen molar-refractivity contribution in [3.05, 3.63) is 44.4 Å². The lowest BCUT2D eigenvalue weighted by atomic mass is 10.2. The van der Waals surface area contributed by atoms with E-state index in [0.717, 1.165) is 4.47 Å². The summed E-state index contributed by atoms with van der Waals surface area (Å²) in [5.74, 6) is 0. The number of rotatable bonds is 0. The highest BCUT2D eigenvalue weighted by atomic mass is 127. The molecule has 0 spiro atoms. The second-order valence-electron chi connectivity index (χ2n) is 4.14. The van der Waals surface area contributed by atoms with Crippen LogP contribution in [-0.4, -0.2) is 0 Å². The molecule has 4 rings (SSSR count). The van der Waals surface area contributed by atoms with Crippen LogP contribution >= 0.6 is 61.2 Å². The molecule has 0 aliphatic carbocycles. The summed E-state index contributed by atoms with van der Waals surface area (Å²) in [7, 11) is 0. The monoisotopic (exact) mass is 444 g/mol. The van der Waals surface area contributed by atoms with Crippen LogP contribution in [0.4, 0.5) is 0 Å². The van der Waals surface area contributed by atoms with Gasteiger partial charge in [0.05, 0.1) is 9.40 Å². The second-order valence-corrected chi connectivity index (χ2v) is 8.41. The molecule has 4 aromatic rings. The smallest absolute Gasteiger partial charge is 0.0542 e. The van der Waals surface area contributed by atoms with Crippen LogP contribution < -0.4 is 0 Å². The molecule has 0 nitrogen and oxygen atoms in total. The van der Waals surface area contributed by atoms with E-state index < -0.39 is 0 Å². The standard InChI is InChI=1S/C14H6BrIS2/c15-7-1-3-9-11(5-7)17-14-10-4-2-8(16)6-12(10)18-13(9)14/h1-6H. The van der Waals surface area contributed by atoms with Gasteiger partial charge in [0, 0.05) is 28.2 Å². The lowest BCUT2D eigenvalue weighted by Crippen LogP contribution is -1.66. The van der Waals surface area contributed by atoms with Crippen molar-refractivity contribution in [3.8, 4) is 0 Å². The maximum atomic E-state index is 3.55. The van der Waals surface area contributed by atoms with Gasteiger partial charge in [-0.3, -0.25) is 0 Å². The molecule has 0 fully saturated rings. The third-order valence-corrected chi connectivity index (χ3v) is 6.67. The predicted molar refractivity (Wildman–Crippen MR) is 95.1 cm³/mol. The van der Waals surface area contributed by atoms with Crippen molar-refractivity contribution >= 4 is 90.8 Å². The summed E-state index contributed by atoms with van der Waals surface area (Å²) < 4.78 is 8.09. The van der Waals surface area contributed by atoms with E-state index in [1.807, 2.05) is 22.7 Å². The molecule has 0 bridgehead atoms. The minimum absolute atomic E-state index is 1.16. The fourth-order valence-corrected chi connectivity index (χ4v) is 6.15. The van der Waals surface area contributed by atoms with E-state index in [1.165, 1.54) is 33.1 Å². The first-order valence-corrected chi connectivity index (χ1v) is 8.93. The second kappa shape index (κ2) is 4.16. The van der Waals surface area contributed by atoms with Gasteiger partial charge < -0.3 is 0 Å². The van der Waals surface area contributed by atoms with E-state index in [-0.39, 0.29) is 0 Å². The van der Waals surface area contributed by atoms with Crippen molar-refractivity contribution in [2.75, 3.05) is 0 Å². The Morgan fingerprint density at radius 3 is 2.17 bits per heavy atom. The Morgan fingerprint density at radius 2 is 1.44 bits per heavy atom. The summed E-state index contributed by atoms with van der Waals surface area (Å²) in [6, 6.07) is 13.3. The molecule has 0 aliphatic heterocycles. The average Bonchev–Trinajstić information content (AvgIpc) is 2.83. The Bertz CT molecular complexity index is 828. The van der Waals surface area contributed by atoms with E-state index in [0.29, 0.717) is 0 Å². The molecule has 0 radical (unpaired) electrons. The van der Waals surface area contributed by atoms with Gasteiger partial charge in [0.15, 0.2) is 0 Å². The van der Waals surface area contributed by atoms with Gasteiger partial charge in [-0.05, 0) is 46.9 Å². The van der Waals surface area contributed by atoms with E-state index in [2.05, 4.69) is 74.9 Å². The first kappa shape index (κ1) is 11.6. The summed E-state index contributed by atoms with van der Waals surface area (Å²) in [5, 5.41) is 2.78. The lowest BCUT2D eigenvalue weighted by molar-refractivity contribution is 1.77. The molecule has 0 saturated carbocycles.